The maximum Gasteiger partial charge on any atom is 0.257 e. The molecule has 4 aromatic rings. The summed E-state index contributed by atoms with van der Waals surface area (Å²) in [5.41, 5.74) is 2.77. The van der Waals surface area contributed by atoms with Crippen molar-refractivity contribution in [2.75, 3.05) is 45.3 Å². The molecule has 1 fully saturated rings. The first-order valence-electron chi connectivity index (χ1n) is 11.4. The van der Waals surface area contributed by atoms with Crippen LogP contribution in [-0.2, 0) is 0 Å². The predicted octanol–water partition coefficient (Wildman–Crippen LogP) is 3.31. The number of aromatic nitrogens is 4. The van der Waals surface area contributed by atoms with Crippen molar-refractivity contribution >= 4 is 11.9 Å². The third kappa shape index (κ3) is 4.52. The molecule has 178 valence electrons. The van der Waals surface area contributed by atoms with Crippen molar-refractivity contribution in [3.05, 3.63) is 78.8 Å². The standard InChI is InChI=1S/C26H26N6O3/c1-34-22-10-9-19(17-23(22)35-2)24-21(18-32(29-24)20-7-4-3-5-8-20)25(33)30-13-15-31(16-14-30)26-27-11-6-12-28-26/h3-12,17-18H,13-16H2,1-2H3. The van der Waals surface area contributed by atoms with Gasteiger partial charge in [0.05, 0.1) is 25.5 Å². The van der Waals surface area contributed by atoms with Gasteiger partial charge in [-0.25, -0.2) is 14.6 Å². The molecule has 2 aromatic heterocycles. The van der Waals surface area contributed by atoms with E-state index in [9.17, 15) is 4.79 Å². The number of carbonyl (C=O) groups excluding carboxylic acids is 1. The van der Waals surface area contributed by atoms with E-state index in [1.54, 1.807) is 43.6 Å². The quantitative estimate of drug-likeness (QED) is 0.427. The average Bonchev–Trinajstić information content (AvgIpc) is 3.39. The van der Waals surface area contributed by atoms with Crippen molar-refractivity contribution in [3.63, 3.8) is 0 Å². The van der Waals surface area contributed by atoms with E-state index in [1.165, 1.54) is 0 Å². The summed E-state index contributed by atoms with van der Waals surface area (Å²) in [5.74, 6) is 1.81. The number of ether oxygens (including phenoxy) is 2. The highest BCUT2D eigenvalue weighted by Crippen LogP contribution is 2.34. The summed E-state index contributed by atoms with van der Waals surface area (Å²) in [6, 6.07) is 17.1. The zero-order chi connectivity index (χ0) is 24.2. The van der Waals surface area contributed by atoms with Gasteiger partial charge >= 0.3 is 0 Å². The van der Waals surface area contributed by atoms with Crippen molar-refractivity contribution in [2.45, 2.75) is 0 Å². The maximum atomic E-state index is 13.7. The van der Waals surface area contributed by atoms with Gasteiger partial charge in [0.15, 0.2) is 11.5 Å². The van der Waals surface area contributed by atoms with E-state index in [4.69, 9.17) is 14.6 Å². The number of nitrogens with zero attached hydrogens (tertiary/aromatic N) is 6. The second kappa shape index (κ2) is 9.84. The Balaban J connectivity index is 1.47. The molecule has 0 atom stereocenters. The smallest absolute Gasteiger partial charge is 0.257 e. The van der Waals surface area contributed by atoms with Crippen molar-refractivity contribution in [1.82, 2.24) is 24.6 Å². The summed E-state index contributed by atoms with van der Waals surface area (Å²) < 4.78 is 12.6. The molecule has 1 aliphatic rings. The lowest BCUT2D eigenvalue weighted by Crippen LogP contribution is -2.49. The summed E-state index contributed by atoms with van der Waals surface area (Å²) >= 11 is 0. The molecule has 2 aromatic carbocycles. The number of benzene rings is 2. The lowest BCUT2D eigenvalue weighted by Gasteiger charge is -2.34. The zero-order valence-corrected chi connectivity index (χ0v) is 19.7. The van der Waals surface area contributed by atoms with Crippen LogP contribution in [0.2, 0.25) is 0 Å². The Morgan fingerprint density at radius 1 is 0.857 bits per heavy atom. The molecule has 9 nitrogen and oxygen atoms in total. The minimum Gasteiger partial charge on any atom is -0.493 e. The first kappa shape index (κ1) is 22.4. The molecule has 0 unspecified atom stereocenters. The monoisotopic (exact) mass is 470 g/mol. The van der Waals surface area contributed by atoms with E-state index in [2.05, 4.69) is 14.9 Å². The SMILES string of the molecule is COc1ccc(-c2nn(-c3ccccc3)cc2C(=O)N2CCN(c3ncccn3)CC2)cc1OC. The fourth-order valence-corrected chi connectivity index (χ4v) is 4.17. The first-order chi connectivity index (χ1) is 17.2. The molecule has 3 heterocycles. The fourth-order valence-electron chi connectivity index (χ4n) is 4.17. The Kier molecular flexibility index (Phi) is 6.30. The van der Waals surface area contributed by atoms with E-state index in [0.29, 0.717) is 54.9 Å². The van der Waals surface area contributed by atoms with E-state index < -0.39 is 0 Å². The van der Waals surface area contributed by atoms with Crippen LogP contribution in [-0.4, -0.2) is 71.0 Å². The lowest BCUT2D eigenvalue weighted by molar-refractivity contribution is 0.0747. The number of piperazine rings is 1. The van der Waals surface area contributed by atoms with Gasteiger partial charge < -0.3 is 19.3 Å². The van der Waals surface area contributed by atoms with Gasteiger partial charge in [0.25, 0.3) is 5.91 Å². The number of hydrogen-bond acceptors (Lipinski definition) is 7. The van der Waals surface area contributed by atoms with Gasteiger partial charge in [-0.3, -0.25) is 4.79 Å². The van der Waals surface area contributed by atoms with Crippen molar-refractivity contribution in [3.8, 4) is 28.4 Å². The number of para-hydroxylation sites is 1. The van der Waals surface area contributed by atoms with E-state index in [0.717, 1.165) is 11.3 Å². The Morgan fingerprint density at radius 2 is 1.57 bits per heavy atom. The molecule has 0 spiro atoms. The second-order valence-corrected chi connectivity index (χ2v) is 8.07. The summed E-state index contributed by atoms with van der Waals surface area (Å²) in [4.78, 5) is 26.3. The summed E-state index contributed by atoms with van der Waals surface area (Å²) in [6.07, 6.45) is 5.26. The first-order valence-corrected chi connectivity index (χ1v) is 11.4. The second-order valence-electron chi connectivity index (χ2n) is 8.07. The third-order valence-electron chi connectivity index (χ3n) is 6.02. The molecular formula is C26H26N6O3. The highest BCUT2D eigenvalue weighted by atomic mass is 16.5. The van der Waals surface area contributed by atoms with Crippen LogP contribution in [0.1, 0.15) is 10.4 Å². The molecule has 1 amide bonds. The van der Waals surface area contributed by atoms with Crippen LogP contribution in [0.4, 0.5) is 5.95 Å². The van der Waals surface area contributed by atoms with Gasteiger partial charge in [0, 0.05) is 50.3 Å². The third-order valence-corrected chi connectivity index (χ3v) is 6.02. The number of methoxy groups -OCH3 is 2. The molecule has 0 aliphatic carbocycles. The Labute approximate surface area is 203 Å². The van der Waals surface area contributed by atoms with Crippen LogP contribution in [0.5, 0.6) is 11.5 Å². The molecule has 0 radical (unpaired) electrons. The molecule has 0 saturated carbocycles. The van der Waals surface area contributed by atoms with Crippen LogP contribution in [0, 0.1) is 0 Å². The topological polar surface area (TPSA) is 85.6 Å². The normalized spacial score (nSPS) is 13.5. The molecule has 35 heavy (non-hydrogen) atoms. The molecule has 1 aliphatic heterocycles. The lowest BCUT2D eigenvalue weighted by atomic mass is 10.1. The molecule has 0 bridgehead atoms. The molecule has 9 heteroatoms. The molecular weight excluding hydrogens is 444 g/mol. The minimum atomic E-state index is -0.0643. The fraction of sp³-hybridized carbons (Fsp3) is 0.231. The van der Waals surface area contributed by atoms with Gasteiger partial charge in [-0.05, 0) is 36.4 Å². The largest absolute Gasteiger partial charge is 0.493 e. The minimum absolute atomic E-state index is 0.0643. The van der Waals surface area contributed by atoms with Gasteiger partial charge in [-0.2, -0.15) is 5.10 Å². The summed E-state index contributed by atoms with van der Waals surface area (Å²) in [6.45, 7) is 2.46. The summed E-state index contributed by atoms with van der Waals surface area (Å²) in [5, 5.41) is 4.80. The Morgan fingerprint density at radius 3 is 2.26 bits per heavy atom. The van der Waals surface area contributed by atoms with Crippen LogP contribution in [0.25, 0.3) is 16.9 Å². The van der Waals surface area contributed by atoms with Crippen molar-refractivity contribution in [1.29, 1.82) is 0 Å². The van der Waals surface area contributed by atoms with Crippen molar-refractivity contribution < 1.29 is 14.3 Å². The average molecular weight is 471 g/mol. The number of carbonyl (C=O) groups is 1. The number of amides is 1. The molecule has 5 rings (SSSR count). The van der Waals surface area contributed by atoms with E-state index in [1.807, 2.05) is 53.4 Å². The maximum absolute atomic E-state index is 13.7. The van der Waals surface area contributed by atoms with Gasteiger partial charge in [-0.1, -0.05) is 18.2 Å². The van der Waals surface area contributed by atoms with Crippen LogP contribution in [0.3, 0.4) is 0 Å². The van der Waals surface area contributed by atoms with Gasteiger partial charge in [0.1, 0.15) is 5.69 Å². The highest BCUT2D eigenvalue weighted by molar-refractivity contribution is 6.00. The number of hydrogen-bond donors (Lipinski definition) is 0. The van der Waals surface area contributed by atoms with Crippen LogP contribution < -0.4 is 14.4 Å². The van der Waals surface area contributed by atoms with E-state index >= 15 is 0 Å². The number of anilines is 1. The predicted molar refractivity (Wildman–Crippen MR) is 132 cm³/mol. The van der Waals surface area contributed by atoms with Gasteiger partial charge in [-0.15, -0.1) is 0 Å². The van der Waals surface area contributed by atoms with Crippen LogP contribution in [0.15, 0.2) is 73.2 Å². The Bertz CT molecular complexity index is 1300. The van der Waals surface area contributed by atoms with Gasteiger partial charge in [0.2, 0.25) is 5.95 Å². The molecule has 1 saturated heterocycles. The summed E-state index contributed by atoms with van der Waals surface area (Å²) in [7, 11) is 3.18. The zero-order valence-electron chi connectivity index (χ0n) is 19.7. The van der Waals surface area contributed by atoms with Crippen molar-refractivity contribution in [2.24, 2.45) is 0 Å². The van der Waals surface area contributed by atoms with Crippen LogP contribution >= 0.6 is 0 Å². The molecule has 0 N–H and O–H groups in total. The van der Waals surface area contributed by atoms with E-state index in [-0.39, 0.29) is 5.91 Å². The Hall–Kier alpha value is -4.40. The highest BCUT2D eigenvalue weighted by Gasteiger charge is 2.27. The number of rotatable bonds is 6.